The molecule has 2 nitrogen and oxygen atoms in total. The van der Waals surface area contributed by atoms with Crippen LogP contribution in [-0.4, -0.2) is 4.98 Å². The van der Waals surface area contributed by atoms with Gasteiger partial charge in [-0.3, -0.25) is 0 Å². The van der Waals surface area contributed by atoms with Gasteiger partial charge in [0.1, 0.15) is 10.4 Å². The summed E-state index contributed by atoms with van der Waals surface area (Å²) in [4.78, 5) is 6.21. The second kappa shape index (κ2) is 4.10. The first-order chi connectivity index (χ1) is 8.25. The van der Waals surface area contributed by atoms with Gasteiger partial charge in [-0.15, -0.1) is 11.3 Å². The average molecular weight is 246 g/mol. The molecular formula is C14H18N2S. The molecule has 2 aliphatic carbocycles. The van der Waals surface area contributed by atoms with E-state index < -0.39 is 0 Å². The highest BCUT2D eigenvalue weighted by Crippen LogP contribution is 2.47. The van der Waals surface area contributed by atoms with Crippen LogP contribution in [0.4, 0.5) is 0 Å². The quantitative estimate of drug-likeness (QED) is 0.789. The van der Waals surface area contributed by atoms with Crippen LogP contribution in [0, 0.1) is 18.3 Å². The molecule has 1 aromatic heterocycles. The fourth-order valence-electron chi connectivity index (χ4n) is 3.09. The van der Waals surface area contributed by atoms with Gasteiger partial charge in [0.15, 0.2) is 0 Å². The molecule has 3 heteroatoms. The van der Waals surface area contributed by atoms with Gasteiger partial charge in [-0.2, -0.15) is 5.26 Å². The molecule has 2 fully saturated rings. The Morgan fingerprint density at radius 2 is 2.00 bits per heavy atom. The molecule has 0 amide bonds. The molecule has 1 heterocycles. The number of thiazole rings is 1. The summed E-state index contributed by atoms with van der Waals surface area (Å²) in [7, 11) is 0. The van der Waals surface area contributed by atoms with Gasteiger partial charge in [0.05, 0.1) is 11.8 Å². The number of aromatic nitrogens is 1. The molecule has 0 spiro atoms. The van der Waals surface area contributed by atoms with E-state index in [1.165, 1.54) is 42.7 Å². The van der Waals surface area contributed by atoms with Crippen LogP contribution in [0.3, 0.4) is 0 Å². The van der Waals surface area contributed by atoms with Crippen molar-refractivity contribution in [1.82, 2.24) is 4.98 Å². The predicted molar refractivity (Wildman–Crippen MR) is 69.2 cm³/mol. The van der Waals surface area contributed by atoms with Crippen LogP contribution in [0.1, 0.15) is 66.4 Å². The molecule has 0 unspecified atom stereocenters. The van der Waals surface area contributed by atoms with E-state index >= 15 is 0 Å². The lowest BCUT2D eigenvalue weighted by Crippen LogP contribution is -2.32. The molecule has 0 N–H and O–H groups in total. The van der Waals surface area contributed by atoms with Gasteiger partial charge < -0.3 is 0 Å². The highest BCUT2D eigenvalue weighted by Gasteiger charge is 2.42. The Morgan fingerprint density at radius 1 is 1.29 bits per heavy atom. The van der Waals surface area contributed by atoms with Crippen molar-refractivity contribution < 1.29 is 0 Å². The Hall–Kier alpha value is -0.880. The van der Waals surface area contributed by atoms with Gasteiger partial charge in [0.25, 0.3) is 0 Å². The molecule has 2 aliphatic rings. The van der Waals surface area contributed by atoms with Crippen molar-refractivity contribution in [1.29, 1.82) is 5.26 Å². The number of aryl methyl sites for hydroxylation is 1. The molecule has 0 bridgehead atoms. The molecule has 0 radical (unpaired) electrons. The second-order valence-corrected chi connectivity index (χ2v) is 6.69. The monoisotopic (exact) mass is 246 g/mol. The SMILES string of the molecule is Cc1sc(C2(C#N)CCC2)nc1C1CCCC1. The van der Waals surface area contributed by atoms with Gasteiger partial charge in [-0.05, 0) is 39.0 Å². The van der Waals surface area contributed by atoms with Gasteiger partial charge >= 0.3 is 0 Å². The maximum absolute atomic E-state index is 9.37. The molecule has 0 aromatic carbocycles. The number of nitrogens with zero attached hydrogens (tertiary/aromatic N) is 2. The molecule has 0 aliphatic heterocycles. The topological polar surface area (TPSA) is 36.7 Å². The Bertz CT molecular complexity index is 459. The zero-order valence-corrected chi connectivity index (χ0v) is 11.1. The van der Waals surface area contributed by atoms with Crippen LogP contribution < -0.4 is 0 Å². The van der Waals surface area contributed by atoms with Crippen molar-refractivity contribution in [3.05, 3.63) is 15.6 Å². The predicted octanol–water partition coefficient (Wildman–Crippen LogP) is 4.05. The molecule has 17 heavy (non-hydrogen) atoms. The lowest BCUT2D eigenvalue weighted by atomic mass is 9.70. The van der Waals surface area contributed by atoms with Crippen molar-refractivity contribution in [3.63, 3.8) is 0 Å². The van der Waals surface area contributed by atoms with Crippen LogP contribution in [0.25, 0.3) is 0 Å². The van der Waals surface area contributed by atoms with Crippen molar-refractivity contribution in [3.8, 4) is 6.07 Å². The number of hydrogen-bond donors (Lipinski definition) is 0. The minimum Gasteiger partial charge on any atom is -0.244 e. The summed E-state index contributed by atoms with van der Waals surface area (Å²) < 4.78 is 0. The largest absolute Gasteiger partial charge is 0.244 e. The van der Waals surface area contributed by atoms with E-state index in [1.807, 2.05) is 0 Å². The standard InChI is InChI=1S/C14H18N2S/c1-10-12(11-5-2-3-6-11)16-13(17-10)14(9-15)7-4-8-14/h11H,2-8H2,1H3. The Balaban J connectivity index is 1.93. The van der Waals surface area contributed by atoms with Crippen LogP contribution in [0.15, 0.2) is 0 Å². The van der Waals surface area contributed by atoms with Crippen LogP contribution in [0.2, 0.25) is 0 Å². The zero-order chi connectivity index (χ0) is 11.9. The Morgan fingerprint density at radius 3 is 2.53 bits per heavy atom. The summed E-state index contributed by atoms with van der Waals surface area (Å²) in [5, 5.41) is 10.5. The normalized spacial score (nSPS) is 23.3. The average Bonchev–Trinajstić information content (AvgIpc) is 2.86. The summed E-state index contributed by atoms with van der Waals surface area (Å²) in [5.41, 5.74) is 1.09. The van der Waals surface area contributed by atoms with Crippen LogP contribution in [-0.2, 0) is 5.41 Å². The van der Waals surface area contributed by atoms with Gasteiger partial charge in [0.2, 0.25) is 0 Å². The third-order valence-electron chi connectivity index (χ3n) is 4.40. The highest BCUT2D eigenvalue weighted by molar-refractivity contribution is 7.11. The molecule has 0 atom stereocenters. The van der Waals surface area contributed by atoms with E-state index in [9.17, 15) is 5.26 Å². The summed E-state index contributed by atoms with van der Waals surface area (Å²) in [6.45, 7) is 2.18. The fraction of sp³-hybridized carbons (Fsp3) is 0.714. The molecular weight excluding hydrogens is 228 g/mol. The van der Waals surface area contributed by atoms with Gasteiger partial charge in [-0.25, -0.2) is 4.98 Å². The molecule has 3 rings (SSSR count). The van der Waals surface area contributed by atoms with Crippen molar-refractivity contribution in [2.45, 2.75) is 63.2 Å². The first-order valence-corrected chi connectivity index (χ1v) is 7.46. The smallest absolute Gasteiger partial charge is 0.113 e. The Labute approximate surface area is 107 Å². The lowest BCUT2D eigenvalue weighted by molar-refractivity contribution is 0.322. The molecule has 2 saturated carbocycles. The first kappa shape index (κ1) is 11.2. The number of hydrogen-bond acceptors (Lipinski definition) is 3. The fourth-order valence-corrected chi connectivity index (χ4v) is 4.29. The van der Waals surface area contributed by atoms with Crippen LogP contribution >= 0.6 is 11.3 Å². The maximum Gasteiger partial charge on any atom is 0.113 e. The van der Waals surface area contributed by atoms with E-state index in [2.05, 4.69) is 13.0 Å². The van der Waals surface area contributed by atoms with E-state index in [4.69, 9.17) is 4.98 Å². The van der Waals surface area contributed by atoms with Crippen LogP contribution in [0.5, 0.6) is 0 Å². The van der Waals surface area contributed by atoms with E-state index in [0.29, 0.717) is 5.92 Å². The zero-order valence-electron chi connectivity index (χ0n) is 10.3. The molecule has 90 valence electrons. The summed E-state index contributed by atoms with van der Waals surface area (Å²) in [6.07, 6.45) is 8.50. The molecule has 0 saturated heterocycles. The van der Waals surface area contributed by atoms with E-state index in [1.54, 1.807) is 11.3 Å². The summed E-state index contributed by atoms with van der Waals surface area (Å²) in [6, 6.07) is 2.51. The third-order valence-corrected chi connectivity index (χ3v) is 5.60. The first-order valence-electron chi connectivity index (χ1n) is 6.64. The van der Waals surface area contributed by atoms with E-state index in [0.717, 1.165) is 17.8 Å². The van der Waals surface area contributed by atoms with E-state index in [-0.39, 0.29) is 5.41 Å². The van der Waals surface area contributed by atoms with Gasteiger partial charge in [0, 0.05) is 10.8 Å². The highest BCUT2D eigenvalue weighted by atomic mass is 32.1. The second-order valence-electron chi connectivity index (χ2n) is 5.49. The Kier molecular flexibility index (Phi) is 2.71. The number of rotatable bonds is 2. The van der Waals surface area contributed by atoms with Gasteiger partial charge in [-0.1, -0.05) is 12.8 Å². The minimum absolute atomic E-state index is 0.216. The number of nitriles is 1. The maximum atomic E-state index is 9.37. The summed E-state index contributed by atoms with van der Waals surface area (Å²) >= 11 is 1.77. The van der Waals surface area contributed by atoms with Crippen molar-refractivity contribution >= 4 is 11.3 Å². The van der Waals surface area contributed by atoms with Crippen molar-refractivity contribution in [2.75, 3.05) is 0 Å². The lowest BCUT2D eigenvalue weighted by Gasteiger charge is -2.32. The molecule has 1 aromatic rings. The summed E-state index contributed by atoms with van der Waals surface area (Å²) in [5.74, 6) is 0.677. The third kappa shape index (κ3) is 1.70. The van der Waals surface area contributed by atoms with Crippen molar-refractivity contribution in [2.24, 2.45) is 0 Å². The minimum atomic E-state index is -0.216.